The number of nitrogens with zero attached hydrogens (tertiary/aromatic N) is 2. The van der Waals surface area contributed by atoms with Gasteiger partial charge in [0.25, 0.3) is 0 Å². The number of rotatable bonds is 13. The lowest BCUT2D eigenvalue weighted by atomic mass is 10.1. The molecule has 1 amide bonds. The highest BCUT2D eigenvalue weighted by atomic mass is 16.5. The fourth-order valence-electron chi connectivity index (χ4n) is 4.74. The predicted molar refractivity (Wildman–Crippen MR) is 171 cm³/mol. The van der Waals surface area contributed by atoms with Crippen molar-refractivity contribution in [3.05, 3.63) is 125 Å². The zero-order valence-electron chi connectivity index (χ0n) is 25.8. The highest BCUT2D eigenvalue weighted by Gasteiger charge is 2.15. The minimum Gasteiger partial charge on any atom is -0.493 e. The second kappa shape index (κ2) is 14.2. The van der Waals surface area contributed by atoms with Crippen LogP contribution in [0.5, 0.6) is 23.0 Å². The third-order valence-corrected chi connectivity index (χ3v) is 7.08. The molecule has 0 aliphatic carbocycles. The molecule has 3 aromatic carbocycles. The number of nitrogens with one attached hydrogen (secondary N) is 1. The molecule has 0 radical (unpaired) electrons. The van der Waals surface area contributed by atoms with E-state index in [-0.39, 0.29) is 24.5 Å². The first-order valence-corrected chi connectivity index (χ1v) is 14.3. The largest absolute Gasteiger partial charge is 0.493 e. The van der Waals surface area contributed by atoms with Crippen LogP contribution in [-0.2, 0) is 13.2 Å². The van der Waals surface area contributed by atoms with Gasteiger partial charge in [-0.2, -0.15) is 5.10 Å². The zero-order valence-corrected chi connectivity index (χ0v) is 25.8. The number of carboxylic acid groups (broad SMARTS) is 1. The molecule has 236 valence electrons. The van der Waals surface area contributed by atoms with Crippen molar-refractivity contribution in [1.82, 2.24) is 9.99 Å². The molecule has 2 aromatic heterocycles. The normalized spacial score (nSPS) is 11.0. The van der Waals surface area contributed by atoms with Crippen LogP contribution in [0.4, 0.5) is 0 Å². The molecule has 0 fully saturated rings. The van der Waals surface area contributed by atoms with Gasteiger partial charge in [-0.25, -0.2) is 10.2 Å². The molecule has 11 heteroatoms. The Balaban J connectivity index is 1.16. The highest BCUT2D eigenvalue weighted by molar-refractivity contribution is 5.92. The Labute approximate surface area is 265 Å². The van der Waals surface area contributed by atoms with Gasteiger partial charge in [0.05, 0.1) is 26.0 Å². The summed E-state index contributed by atoms with van der Waals surface area (Å²) in [4.78, 5) is 23.7. The van der Waals surface area contributed by atoms with Crippen LogP contribution in [0.1, 0.15) is 49.2 Å². The molecule has 0 saturated heterocycles. The van der Waals surface area contributed by atoms with Gasteiger partial charge in [0.15, 0.2) is 17.3 Å². The first-order valence-electron chi connectivity index (χ1n) is 14.3. The van der Waals surface area contributed by atoms with Crippen LogP contribution in [0.3, 0.4) is 0 Å². The number of carbonyl (C=O) groups is 2. The van der Waals surface area contributed by atoms with E-state index in [9.17, 15) is 9.59 Å². The summed E-state index contributed by atoms with van der Waals surface area (Å²) in [6.07, 6.45) is 1.44. The summed E-state index contributed by atoms with van der Waals surface area (Å²) >= 11 is 0. The number of carboxylic acids is 1. The molecular weight excluding hydrogens is 590 g/mol. The van der Waals surface area contributed by atoms with Gasteiger partial charge in [-0.15, -0.1) is 0 Å². The predicted octanol–water partition coefficient (Wildman–Crippen LogP) is 6.32. The molecule has 0 spiro atoms. The van der Waals surface area contributed by atoms with Crippen molar-refractivity contribution in [3.8, 4) is 28.7 Å². The summed E-state index contributed by atoms with van der Waals surface area (Å²) in [6.45, 7) is 4.43. The van der Waals surface area contributed by atoms with Crippen molar-refractivity contribution in [2.75, 3.05) is 14.2 Å². The van der Waals surface area contributed by atoms with Gasteiger partial charge in [-0.05, 0) is 92.2 Å². The van der Waals surface area contributed by atoms with Crippen LogP contribution >= 0.6 is 0 Å². The Morgan fingerprint density at radius 1 is 0.848 bits per heavy atom. The average Bonchev–Trinajstić information content (AvgIpc) is 3.68. The minimum atomic E-state index is -1.00. The maximum Gasteiger partial charge on any atom is 0.335 e. The van der Waals surface area contributed by atoms with Crippen LogP contribution in [-0.4, -0.2) is 42.0 Å². The van der Waals surface area contributed by atoms with Gasteiger partial charge in [-0.1, -0.05) is 12.1 Å². The van der Waals surface area contributed by atoms with Crippen molar-refractivity contribution in [2.45, 2.75) is 27.1 Å². The molecule has 2 N–H and O–H groups in total. The zero-order chi connectivity index (χ0) is 32.6. The second-order valence-corrected chi connectivity index (χ2v) is 10.2. The quantitative estimate of drug-likeness (QED) is 0.115. The smallest absolute Gasteiger partial charge is 0.335 e. The molecule has 2 heterocycles. The van der Waals surface area contributed by atoms with E-state index in [0.717, 1.165) is 22.6 Å². The number of aromatic carboxylic acids is 1. The molecule has 0 aliphatic rings. The first kappa shape index (κ1) is 31.5. The molecular formula is C35H33N3O8. The van der Waals surface area contributed by atoms with E-state index in [2.05, 4.69) is 41.1 Å². The number of aryl methyl sites for hydroxylation is 2. The van der Waals surface area contributed by atoms with Gasteiger partial charge in [-0.3, -0.25) is 4.79 Å². The van der Waals surface area contributed by atoms with Crippen molar-refractivity contribution in [2.24, 2.45) is 5.10 Å². The number of hydrogen-bond acceptors (Lipinski definition) is 8. The number of amides is 1. The molecule has 0 saturated carbocycles. The van der Waals surface area contributed by atoms with Crippen LogP contribution in [0.15, 0.2) is 94.4 Å². The SMILES string of the molecule is COc1cc(/C=N/NC(=O)c2ccc(COc3ccc(-n4c(C)ccc4C)cc3)o2)cc(OC)c1OCc1ccc(C(=O)O)cc1. The maximum absolute atomic E-state index is 12.6. The van der Waals surface area contributed by atoms with Crippen LogP contribution in [0.2, 0.25) is 0 Å². The number of hydrogen-bond donors (Lipinski definition) is 2. The maximum atomic E-state index is 12.6. The number of aromatic nitrogens is 1. The van der Waals surface area contributed by atoms with Crippen molar-refractivity contribution in [1.29, 1.82) is 0 Å². The van der Waals surface area contributed by atoms with Gasteiger partial charge in [0.2, 0.25) is 5.75 Å². The first-order chi connectivity index (χ1) is 22.2. The van der Waals surface area contributed by atoms with E-state index in [4.69, 9.17) is 28.5 Å². The Hall–Kier alpha value is -5.97. The minimum absolute atomic E-state index is 0.0833. The third kappa shape index (κ3) is 7.39. The lowest BCUT2D eigenvalue weighted by molar-refractivity contribution is 0.0696. The highest BCUT2D eigenvalue weighted by Crippen LogP contribution is 2.38. The number of carbonyl (C=O) groups excluding carboxylic acids is 1. The molecule has 5 aromatic rings. The summed E-state index contributed by atoms with van der Waals surface area (Å²) in [5.41, 5.74) is 7.34. The van der Waals surface area contributed by atoms with Crippen molar-refractivity contribution < 1.29 is 38.1 Å². The molecule has 0 unspecified atom stereocenters. The lowest BCUT2D eigenvalue weighted by Crippen LogP contribution is -2.16. The fourth-order valence-corrected chi connectivity index (χ4v) is 4.74. The topological polar surface area (TPSA) is 134 Å². The van der Waals surface area contributed by atoms with E-state index in [0.29, 0.717) is 34.3 Å². The molecule has 46 heavy (non-hydrogen) atoms. The fraction of sp³-hybridized carbons (Fsp3) is 0.171. The van der Waals surface area contributed by atoms with E-state index >= 15 is 0 Å². The molecule has 0 aliphatic heterocycles. The third-order valence-electron chi connectivity index (χ3n) is 7.08. The van der Waals surface area contributed by atoms with E-state index in [1.807, 2.05) is 24.3 Å². The molecule has 11 nitrogen and oxygen atoms in total. The second-order valence-electron chi connectivity index (χ2n) is 10.2. The summed E-state index contributed by atoms with van der Waals surface area (Å²) in [6, 6.07) is 24.9. The van der Waals surface area contributed by atoms with Crippen LogP contribution in [0, 0.1) is 13.8 Å². The summed E-state index contributed by atoms with van der Waals surface area (Å²) < 4.78 is 30.6. The number of hydrazone groups is 1. The van der Waals surface area contributed by atoms with Gasteiger partial charge in [0, 0.05) is 22.6 Å². The average molecular weight is 624 g/mol. The summed E-state index contributed by atoms with van der Waals surface area (Å²) in [7, 11) is 2.98. The number of furan rings is 1. The van der Waals surface area contributed by atoms with Crippen molar-refractivity contribution in [3.63, 3.8) is 0 Å². The Bertz CT molecular complexity index is 1810. The van der Waals surface area contributed by atoms with E-state index < -0.39 is 11.9 Å². The Morgan fingerprint density at radius 2 is 1.50 bits per heavy atom. The lowest BCUT2D eigenvalue weighted by Gasteiger charge is -2.15. The van der Waals surface area contributed by atoms with Crippen molar-refractivity contribution >= 4 is 18.1 Å². The van der Waals surface area contributed by atoms with Crippen LogP contribution in [0.25, 0.3) is 5.69 Å². The molecule has 0 bridgehead atoms. The number of ether oxygens (including phenoxy) is 4. The number of methoxy groups -OCH3 is 2. The molecule has 0 atom stereocenters. The summed E-state index contributed by atoms with van der Waals surface area (Å²) in [5.74, 6) is 0.842. The number of benzene rings is 3. The standard InChI is InChI=1S/C35H33N3O8/c1-22-5-6-23(2)38(22)27-11-13-28(14-12-27)44-21-29-15-16-30(46-29)34(39)37-36-19-25-17-31(42-3)33(32(18-25)43-4)45-20-24-7-9-26(10-8-24)35(40)41/h5-19H,20-21H2,1-4H3,(H,37,39)(H,40,41)/b36-19+. The van der Waals surface area contributed by atoms with Gasteiger partial charge >= 0.3 is 11.9 Å². The van der Waals surface area contributed by atoms with Gasteiger partial charge < -0.3 is 33.0 Å². The van der Waals surface area contributed by atoms with E-state index in [1.54, 1.807) is 36.4 Å². The summed E-state index contributed by atoms with van der Waals surface area (Å²) in [5, 5.41) is 13.1. The monoisotopic (exact) mass is 623 g/mol. The molecule has 5 rings (SSSR count). The van der Waals surface area contributed by atoms with E-state index in [1.165, 1.54) is 32.6 Å². The van der Waals surface area contributed by atoms with Gasteiger partial charge in [0.1, 0.15) is 24.7 Å². The van der Waals surface area contributed by atoms with Crippen LogP contribution < -0.4 is 24.4 Å². The Morgan fingerprint density at radius 3 is 2.11 bits per heavy atom. The Kier molecular flexibility index (Phi) is 9.72.